The van der Waals surface area contributed by atoms with E-state index in [0.29, 0.717) is 19.8 Å². The Morgan fingerprint density at radius 2 is 1.61 bits per heavy atom. The van der Waals surface area contributed by atoms with Crippen LogP contribution in [0.2, 0.25) is 0 Å². The van der Waals surface area contributed by atoms with Gasteiger partial charge in [0, 0.05) is 29.3 Å². The van der Waals surface area contributed by atoms with Crippen LogP contribution in [0.4, 0.5) is 5.69 Å². The van der Waals surface area contributed by atoms with Gasteiger partial charge in [0.15, 0.2) is 0 Å². The minimum Gasteiger partial charge on any atom is -0.375 e. The number of rotatable bonds is 9. The van der Waals surface area contributed by atoms with Gasteiger partial charge in [-0.2, -0.15) is 5.10 Å². The summed E-state index contributed by atoms with van der Waals surface area (Å²) in [7, 11) is 0. The molecule has 3 aromatic carbocycles. The van der Waals surface area contributed by atoms with E-state index < -0.39 is 5.41 Å². The lowest BCUT2D eigenvalue weighted by atomic mass is 9.82. The third-order valence-corrected chi connectivity index (χ3v) is 8.55. The summed E-state index contributed by atoms with van der Waals surface area (Å²) in [6.07, 6.45) is 5.04. The van der Waals surface area contributed by atoms with Gasteiger partial charge in [0.2, 0.25) is 5.91 Å². The molecular formula is C34H34N4O3. The van der Waals surface area contributed by atoms with Gasteiger partial charge in [0.05, 0.1) is 32.1 Å². The fourth-order valence-electron chi connectivity index (χ4n) is 6.48. The number of carbonyl (C=O) groups is 1. The standard InChI is InChI=1S/C34H34N4O3/c1-2-38-30-16-27-26-15-9-14-25-18-35-37-31(25)32(26)36-29(27)17-28(30)34(33(38)39,21-40-19-23-10-5-3-6-11-23)22-41-20-24-12-7-4-8-13-24/h3-8,10-13,16-18,36H,2,9,14-15,19-22H2,1H3,(H,35,37). The fourth-order valence-corrected chi connectivity index (χ4v) is 6.48. The number of amides is 1. The highest BCUT2D eigenvalue weighted by molar-refractivity contribution is 6.11. The molecule has 3 heterocycles. The molecule has 0 atom stereocenters. The van der Waals surface area contributed by atoms with Crippen LogP contribution in [0, 0.1) is 0 Å². The predicted molar refractivity (Wildman–Crippen MR) is 160 cm³/mol. The SMILES string of the molecule is CCN1C(=O)C(COCc2ccccc2)(COCc2ccccc2)c2cc3[nH]c4c(c3cc21)CCCc1c[nH]nc1-4. The Balaban J connectivity index is 1.30. The van der Waals surface area contributed by atoms with Crippen molar-refractivity contribution < 1.29 is 14.3 Å². The van der Waals surface area contributed by atoms with E-state index in [-0.39, 0.29) is 19.1 Å². The van der Waals surface area contributed by atoms with Gasteiger partial charge in [-0.05, 0) is 66.1 Å². The average molecular weight is 547 g/mol. The van der Waals surface area contributed by atoms with Crippen molar-refractivity contribution in [3.05, 3.63) is 107 Å². The van der Waals surface area contributed by atoms with Gasteiger partial charge in [0.25, 0.3) is 0 Å². The highest BCUT2D eigenvalue weighted by Gasteiger charge is 2.51. The summed E-state index contributed by atoms with van der Waals surface area (Å²) in [5, 5.41) is 8.79. The molecule has 1 aliphatic carbocycles. The largest absolute Gasteiger partial charge is 0.375 e. The molecule has 2 aliphatic rings. The maximum Gasteiger partial charge on any atom is 0.242 e. The summed E-state index contributed by atoms with van der Waals surface area (Å²) in [5.41, 5.74) is 8.71. The van der Waals surface area contributed by atoms with Crippen LogP contribution in [0.15, 0.2) is 79.0 Å². The molecule has 2 aromatic heterocycles. The molecular weight excluding hydrogens is 512 g/mol. The summed E-state index contributed by atoms with van der Waals surface area (Å²) >= 11 is 0. The van der Waals surface area contributed by atoms with Crippen LogP contribution >= 0.6 is 0 Å². The molecule has 5 aromatic rings. The minimum absolute atomic E-state index is 0.0319. The molecule has 0 saturated heterocycles. The van der Waals surface area contributed by atoms with E-state index in [0.717, 1.165) is 63.9 Å². The monoisotopic (exact) mass is 546 g/mol. The summed E-state index contributed by atoms with van der Waals surface area (Å²) in [5.74, 6) is 0.0319. The number of nitrogens with one attached hydrogen (secondary N) is 2. The maximum absolute atomic E-state index is 14.3. The lowest BCUT2D eigenvalue weighted by molar-refractivity contribution is -0.129. The van der Waals surface area contributed by atoms with Gasteiger partial charge >= 0.3 is 0 Å². The van der Waals surface area contributed by atoms with Crippen molar-refractivity contribution in [2.75, 3.05) is 24.7 Å². The number of aromatic amines is 2. The summed E-state index contributed by atoms with van der Waals surface area (Å²) in [4.78, 5) is 19.9. The normalized spacial score (nSPS) is 15.5. The topological polar surface area (TPSA) is 83.2 Å². The average Bonchev–Trinajstić information content (AvgIpc) is 3.63. The van der Waals surface area contributed by atoms with Crippen molar-refractivity contribution in [1.29, 1.82) is 0 Å². The molecule has 0 fully saturated rings. The van der Waals surface area contributed by atoms with Crippen LogP contribution in [0.3, 0.4) is 0 Å². The molecule has 0 unspecified atom stereocenters. The number of H-pyrrole nitrogens is 2. The van der Waals surface area contributed by atoms with Crippen LogP contribution in [-0.2, 0) is 45.7 Å². The molecule has 41 heavy (non-hydrogen) atoms. The predicted octanol–water partition coefficient (Wildman–Crippen LogP) is 6.08. The number of benzene rings is 3. The number of likely N-dealkylation sites (N-methyl/N-ethyl adjacent to an activating group) is 1. The smallest absolute Gasteiger partial charge is 0.242 e. The second-order valence-electron chi connectivity index (χ2n) is 11.1. The Kier molecular flexibility index (Phi) is 6.69. The van der Waals surface area contributed by atoms with Crippen molar-refractivity contribution in [2.45, 2.75) is 44.8 Å². The van der Waals surface area contributed by atoms with E-state index in [9.17, 15) is 4.79 Å². The highest BCUT2D eigenvalue weighted by atomic mass is 16.5. The van der Waals surface area contributed by atoms with Gasteiger partial charge in [-0.3, -0.25) is 9.89 Å². The van der Waals surface area contributed by atoms with Crippen LogP contribution in [0.25, 0.3) is 22.3 Å². The number of fused-ring (bicyclic) bond motifs is 6. The summed E-state index contributed by atoms with van der Waals surface area (Å²) in [6.45, 7) is 3.93. The Morgan fingerprint density at radius 3 is 2.27 bits per heavy atom. The van der Waals surface area contributed by atoms with E-state index in [1.807, 2.05) is 78.7 Å². The maximum atomic E-state index is 14.3. The van der Waals surface area contributed by atoms with E-state index in [1.165, 1.54) is 11.1 Å². The lowest BCUT2D eigenvalue weighted by Crippen LogP contribution is -2.47. The van der Waals surface area contributed by atoms with Crippen molar-refractivity contribution >= 4 is 22.5 Å². The lowest BCUT2D eigenvalue weighted by Gasteiger charge is -2.28. The van der Waals surface area contributed by atoms with Crippen LogP contribution < -0.4 is 4.90 Å². The Morgan fingerprint density at radius 1 is 0.927 bits per heavy atom. The van der Waals surface area contributed by atoms with Gasteiger partial charge in [-0.15, -0.1) is 0 Å². The number of aryl methyl sites for hydroxylation is 2. The van der Waals surface area contributed by atoms with E-state index in [1.54, 1.807) is 0 Å². The van der Waals surface area contributed by atoms with Crippen molar-refractivity contribution in [3.63, 3.8) is 0 Å². The zero-order chi connectivity index (χ0) is 27.8. The first-order valence-corrected chi connectivity index (χ1v) is 14.5. The molecule has 0 radical (unpaired) electrons. The van der Waals surface area contributed by atoms with Gasteiger partial charge in [-0.1, -0.05) is 60.7 Å². The van der Waals surface area contributed by atoms with Crippen LogP contribution in [0.1, 0.15) is 41.2 Å². The number of hydrogen-bond acceptors (Lipinski definition) is 4. The van der Waals surface area contributed by atoms with E-state index in [2.05, 4.69) is 27.3 Å². The molecule has 1 amide bonds. The Hall–Kier alpha value is -4.20. The fraction of sp³-hybridized carbons (Fsp3) is 0.294. The molecule has 0 bridgehead atoms. The molecule has 1 aliphatic heterocycles. The first-order chi connectivity index (χ1) is 20.2. The van der Waals surface area contributed by atoms with Gasteiger partial charge in [0.1, 0.15) is 11.1 Å². The number of aromatic nitrogens is 3. The molecule has 0 saturated carbocycles. The quantitative estimate of drug-likeness (QED) is 0.235. The number of nitrogens with zero attached hydrogens (tertiary/aromatic N) is 2. The zero-order valence-electron chi connectivity index (χ0n) is 23.3. The van der Waals surface area contributed by atoms with Gasteiger partial charge in [-0.25, -0.2) is 0 Å². The zero-order valence-corrected chi connectivity index (χ0v) is 23.3. The third-order valence-electron chi connectivity index (χ3n) is 8.55. The summed E-state index contributed by atoms with van der Waals surface area (Å²) in [6, 6.07) is 24.5. The second kappa shape index (κ2) is 10.7. The van der Waals surface area contributed by atoms with Crippen LogP contribution in [-0.4, -0.2) is 40.8 Å². The molecule has 2 N–H and O–H groups in total. The van der Waals surface area contributed by atoms with E-state index >= 15 is 0 Å². The first-order valence-electron chi connectivity index (χ1n) is 14.5. The molecule has 208 valence electrons. The van der Waals surface area contributed by atoms with E-state index in [4.69, 9.17) is 9.47 Å². The highest BCUT2D eigenvalue weighted by Crippen LogP contribution is 2.47. The Labute approximate surface area is 239 Å². The number of hydrogen-bond donors (Lipinski definition) is 2. The van der Waals surface area contributed by atoms with Crippen molar-refractivity contribution in [2.24, 2.45) is 0 Å². The molecule has 0 spiro atoms. The number of carbonyl (C=O) groups excluding carboxylic acids is 1. The number of anilines is 1. The van der Waals surface area contributed by atoms with Crippen molar-refractivity contribution in [1.82, 2.24) is 15.2 Å². The van der Waals surface area contributed by atoms with Crippen LogP contribution in [0.5, 0.6) is 0 Å². The third kappa shape index (κ3) is 4.46. The number of ether oxygens (including phenoxy) is 2. The minimum atomic E-state index is -0.955. The second-order valence-corrected chi connectivity index (χ2v) is 11.1. The molecule has 7 rings (SSSR count). The first kappa shape index (κ1) is 25.7. The van der Waals surface area contributed by atoms with Crippen molar-refractivity contribution in [3.8, 4) is 11.4 Å². The molecule has 7 heteroatoms. The summed E-state index contributed by atoms with van der Waals surface area (Å²) < 4.78 is 12.6. The van der Waals surface area contributed by atoms with Gasteiger partial charge < -0.3 is 19.4 Å². The molecule has 7 nitrogen and oxygen atoms in total. The Bertz CT molecular complexity index is 1640.